The predicted molar refractivity (Wildman–Crippen MR) is 318 cm³/mol. The van der Waals surface area contributed by atoms with Crippen LogP contribution in [0, 0.1) is 24.0 Å². The van der Waals surface area contributed by atoms with Crippen molar-refractivity contribution in [3.05, 3.63) is 107 Å². The van der Waals surface area contributed by atoms with Crippen molar-refractivity contribution >= 4 is 58.2 Å². The minimum absolute atomic E-state index is 0.000564. The van der Waals surface area contributed by atoms with Crippen molar-refractivity contribution in [3.8, 4) is 21.6 Å². The Morgan fingerprint density at radius 2 is 1.41 bits per heavy atom. The van der Waals surface area contributed by atoms with E-state index < -0.39 is 64.4 Å². The summed E-state index contributed by atoms with van der Waals surface area (Å²) in [5.74, 6) is -3.61. The molecule has 0 saturated carbocycles. The fourth-order valence-electron chi connectivity index (χ4n) is 11.3. The van der Waals surface area contributed by atoms with Gasteiger partial charge < -0.3 is 40.7 Å². The van der Waals surface area contributed by atoms with Crippen LogP contribution in [0.15, 0.2) is 72.5 Å². The predicted octanol–water partition coefficient (Wildman–Crippen LogP) is 9.79. The summed E-state index contributed by atoms with van der Waals surface area (Å²) in [7, 11) is 1.97. The number of carbonyl (C=O) groups excluding carboxylic acids is 5. The van der Waals surface area contributed by atoms with Gasteiger partial charge in [0, 0.05) is 101 Å². The van der Waals surface area contributed by atoms with Gasteiger partial charge in [0.2, 0.25) is 29.6 Å². The normalized spacial score (nSPS) is 19.4. The monoisotopic (exact) mass is 1200 g/mol. The zero-order valence-electron chi connectivity index (χ0n) is 49.6. The van der Waals surface area contributed by atoms with E-state index in [-0.39, 0.29) is 83.8 Å². The Kier molecular flexibility index (Phi) is 20.7. The summed E-state index contributed by atoms with van der Waals surface area (Å²) in [6, 6.07) is 10.2. The number of unbranched alkanes of at least 4 members (excludes halogenated alkanes) is 5. The van der Waals surface area contributed by atoms with E-state index in [2.05, 4.69) is 35.8 Å². The molecule has 3 aliphatic rings. The maximum atomic E-state index is 16.2. The SMILES string of the molecule is Cc1ncsc1-c1ccc([C@H](C)NC(=O)[C@@H]2C[C@@H](O)CN2C(=O)[C@@H](NC(=O)CCCCCCCCC(=O)N2CCN(c3ncc(-c4cc(NC(=O)c5ccc(F)cc5C(F)(F)F)c(N5C[C@@H](C)N(C)[C@@H](C)C5)cc4F)cn3)CC2)C(C)(C)C)cc1. The lowest BCUT2D eigenvalue weighted by Gasteiger charge is -2.44. The number of halogens is 5. The van der Waals surface area contributed by atoms with Crippen molar-refractivity contribution in [2.24, 2.45) is 5.41 Å². The number of likely N-dealkylation sites (tertiary alicyclic amines) is 1. The van der Waals surface area contributed by atoms with Crippen LogP contribution < -0.4 is 25.8 Å². The maximum Gasteiger partial charge on any atom is 0.417 e. The zero-order chi connectivity index (χ0) is 61.5. The third-order valence-electron chi connectivity index (χ3n) is 16.5. The molecule has 0 spiro atoms. The van der Waals surface area contributed by atoms with E-state index in [1.165, 1.54) is 29.4 Å². The number of thiazole rings is 1. The fourth-order valence-corrected chi connectivity index (χ4v) is 12.2. The molecule has 0 unspecified atom stereocenters. The molecule has 23 heteroatoms. The molecule has 0 radical (unpaired) electrons. The van der Waals surface area contributed by atoms with E-state index in [0.29, 0.717) is 64.5 Å². The van der Waals surface area contributed by atoms with E-state index in [0.717, 1.165) is 59.5 Å². The number of aliphatic hydroxyl groups excluding tert-OH is 1. The number of likely N-dealkylation sites (N-methyl/N-ethyl adjacent to an activating group) is 1. The van der Waals surface area contributed by atoms with Gasteiger partial charge in [0.15, 0.2) is 0 Å². The van der Waals surface area contributed by atoms with Crippen LogP contribution in [-0.2, 0) is 25.4 Å². The molecule has 3 fully saturated rings. The minimum atomic E-state index is -5.02. The number of aromatic nitrogens is 3. The number of hydrogen-bond acceptors (Lipinski definition) is 13. The number of carbonyl (C=O) groups is 5. The summed E-state index contributed by atoms with van der Waals surface area (Å²) in [6.07, 6.45) is 2.35. The molecule has 0 bridgehead atoms. The van der Waals surface area contributed by atoms with Crippen molar-refractivity contribution < 1.29 is 51.0 Å². The van der Waals surface area contributed by atoms with Crippen LogP contribution in [0.4, 0.5) is 39.3 Å². The first kappa shape index (κ1) is 63.9. The van der Waals surface area contributed by atoms with E-state index in [1.807, 2.05) is 94.5 Å². The molecule has 5 aromatic rings. The highest BCUT2D eigenvalue weighted by molar-refractivity contribution is 7.13. The molecule has 6 atom stereocenters. The number of amides is 5. The lowest BCUT2D eigenvalue weighted by Crippen LogP contribution is -2.57. The first-order valence-electron chi connectivity index (χ1n) is 29.2. The topological polar surface area (TPSA) is 197 Å². The highest BCUT2D eigenvalue weighted by Crippen LogP contribution is 2.39. The quantitative estimate of drug-likeness (QED) is 0.0426. The summed E-state index contributed by atoms with van der Waals surface area (Å²) >= 11 is 1.56. The Bertz CT molecular complexity index is 3160. The van der Waals surface area contributed by atoms with E-state index in [1.54, 1.807) is 16.8 Å². The maximum absolute atomic E-state index is 16.2. The fraction of sp³-hybridized carbons (Fsp3) is 0.516. The molecular formula is C62H78F5N11O6S. The van der Waals surface area contributed by atoms with Crippen molar-refractivity contribution in [1.29, 1.82) is 0 Å². The molecular weight excluding hydrogens is 1120 g/mol. The van der Waals surface area contributed by atoms with Crippen LogP contribution >= 0.6 is 11.3 Å². The van der Waals surface area contributed by atoms with Gasteiger partial charge in [-0.15, -0.1) is 11.3 Å². The Balaban J connectivity index is 0.762. The highest BCUT2D eigenvalue weighted by atomic mass is 32.1. The number of piperazine rings is 2. The number of alkyl halides is 3. The molecule has 4 N–H and O–H groups in total. The second-order valence-electron chi connectivity index (χ2n) is 23.9. The third kappa shape index (κ3) is 15.9. The van der Waals surface area contributed by atoms with Crippen molar-refractivity contribution in [1.82, 2.24) is 40.3 Å². The van der Waals surface area contributed by atoms with E-state index in [4.69, 9.17) is 0 Å². The molecule has 3 aliphatic heterocycles. The first-order chi connectivity index (χ1) is 40.3. The largest absolute Gasteiger partial charge is 0.417 e. The average molecular weight is 1200 g/mol. The van der Waals surface area contributed by atoms with Crippen molar-refractivity contribution in [2.45, 2.75) is 149 Å². The summed E-state index contributed by atoms with van der Waals surface area (Å²) in [5.41, 5.74) is 2.35. The standard InChI is InChI=1S/C62H78F5N11O6S/c1-37-33-77(34-38(2)74(37)8)51-30-49(64)47(29-50(51)72-57(82)46-22-21-44(63)27-48(46)62(65,66)67)43-31-68-60(69-32-43)76-25-23-75(24-26-76)54(81)16-14-12-10-9-11-13-15-53(80)73-56(61(5,6)7)59(84)78-35-45(79)28-52(78)58(83)71-39(3)41-17-19-42(20-18-41)55-40(4)70-36-85-55/h17-22,27,29-32,36-39,45,52,56,79H,9-16,23-26,28,33-35H2,1-8H3,(H,71,83)(H,72,82)(H,73,80)/t37-,38+,39-,45+,52-,56+/m0/s1. The Hall–Kier alpha value is -7.11. The number of aryl methyl sites for hydroxylation is 1. The number of anilines is 3. The molecule has 85 heavy (non-hydrogen) atoms. The van der Waals surface area contributed by atoms with Crippen LogP contribution in [-0.4, -0.2) is 147 Å². The number of hydrogen-bond donors (Lipinski definition) is 4. The van der Waals surface area contributed by atoms with Crippen LogP contribution in [0.2, 0.25) is 0 Å². The summed E-state index contributed by atoms with van der Waals surface area (Å²) in [5, 5.41) is 19.2. The molecule has 5 amide bonds. The van der Waals surface area contributed by atoms with Gasteiger partial charge in [-0.1, -0.05) is 70.7 Å². The zero-order valence-corrected chi connectivity index (χ0v) is 50.4. The lowest BCUT2D eigenvalue weighted by molar-refractivity contribution is -0.144. The van der Waals surface area contributed by atoms with Gasteiger partial charge in [-0.05, 0) is 94.5 Å². The molecule has 458 valence electrons. The van der Waals surface area contributed by atoms with Crippen LogP contribution in [0.1, 0.15) is 133 Å². The van der Waals surface area contributed by atoms with Gasteiger partial charge in [0.25, 0.3) is 5.91 Å². The van der Waals surface area contributed by atoms with E-state index in [9.17, 15) is 46.6 Å². The second-order valence-corrected chi connectivity index (χ2v) is 24.8. The Morgan fingerprint density at radius 3 is 2.02 bits per heavy atom. The second kappa shape index (κ2) is 27.5. The molecule has 17 nitrogen and oxygen atoms in total. The highest BCUT2D eigenvalue weighted by Gasteiger charge is 2.45. The van der Waals surface area contributed by atoms with Gasteiger partial charge >= 0.3 is 6.18 Å². The minimum Gasteiger partial charge on any atom is -0.391 e. The van der Waals surface area contributed by atoms with Gasteiger partial charge in [-0.25, -0.2) is 23.7 Å². The number of nitrogens with one attached hydrogen (secondary N) is 3. The van der Waals surface area contributed by atoms with Gasteiger partial charge in [-0.2, -0.15) is 13.2 Å². The van der Waals surface area contributed by atoms with Crippen LogP contribution in [0.3, 0.4) is 0 Å². The van der Waals surface area contributed by atoms with Crippen LogP contribution in [0.25, 0.3) is 21.6 Å². The summed E-state index contributed by atoms with van der Waals surface area (Å²) < 4.78 is 72.1. The molecule has 3 aromatic carbocycles. The average Bonchev–Trinajstić information content (AvgIpc) is 2.58. The number of β-amino-alcohol motifs (C(OH)–C–C–N with tert-alkyl or cyclic N) is 1. The molecule has 3 saturated heterocycles. The third-order valence-corrected chi connectivity index (χ3v) is 17.5. The summed E-state index contributed by atoms with van der Waals surface area (Å²) in [4.78, 5) is 91.6. The Labute approximate surface area is 497 Å². The number of nitrogens with zero attached hydrogens (tertiary/aromatic N) is 8. The molecule has 0 aliphatic carbocycles. The van der Waals surface area contributed by atoms with E-state index >= 15 is 4.39 Å². The first-order valence-corrected chi connectivity index (χ1v) is 30.1. The number of benzene rings is 3. The van der Waals surface area contributed by atoms with Crippen molar-refractivity contribution in [2.75, 3.05) is 68.0 Å². The molecule has 2 aromatic heterocycles. The smallest absolute Gasteiger partial charge is 0.391 e. The van der Waals surface area contributed by atoms with Crippen molar-refractivity contribution in [3.63, 3.8) is 0 Å². The Morgan fingerprint density at radius 1 is 0.776 bits per heavy atom. The summed E-state index contributed by atoms with van der Waals surface area (Å²) in [6.45, 7) is 16.1. The van der Waals surface area contributed by atoms with Gasteiger partial charge in [0.1, 0.15) is 23.7 Å². The van der Waals surface area contributed by atoms with Gasteiger partial charge in [0.05, 0.1) is 50.7 Å². The molecule has 5 heterocycles. The van der Waals surface area contributed by atoms with Crippen LogP contribution in [0.5, 0.6) is 0 Å². The lowest BCUT2D eigenvalue weighted by atomic mass is 9.85. The molecule has 8 rings (SSSR count). The van der Waals surface area contributed by atoms with Gasteiger partial charge in [-0.3, -0.25) is 28.9 Å². The number of rotatable bonds is 20. The number of aliphatic hydroxyl groups is 1.